The van der Waals surface area contributed by atoms with E-state index in [0.717, 1.165) is 5.56 Å². The smallest absolute Gasteiger partial charge is 0.343 e. The number of hydrazone groups is 1. The fraction of sp³-hybridized carbons (Fsp3) is 0.156. The first kappa shape index (κ1) is 27.9. The zero-order chi connectivity index (χ0) is 28.3. The molecule has 8 heteroatoms. The van der Waals surface area contributed by atoms with Crippen LogP contribution in [0.4, 0.5) is 0 Å². The van der Waals surface area contributed by atoms with Crippen molar-refractivity contribution in [1.29, 1.82) is 0 Å². The summed E-state index contributed by atoms with van der Waals surface area (Å²) in [5.74, 6) is 1.06. The summed E-state index contributed by atoms with van der Waals surface area (Å²) < 4.78 is 22.1. The Labute approximate surface area is 233 Å². The molecule has 0 aromatic heterocycles. The molecule has 0 aliphatic rings. The van der Waals surface area contributed by atoms with Gasteiger partial charge in [-0.05, 0) is 91.7 Å². The van der Waals surface area contributed by atoms with Crippen molar-refractivity contribution in [2.24, 2.45) is 5.10 Å². The lowest BCUT2D eigenvalue weighted by Gasteiger charge is -2.11. The summed E-state index contributed by atoms with van der Waals surface area (Å²) in [5, 5.41) is 4.05. The summed E-state index contributed by atoms with van der Waals surface area (Å²) in [7, 11) is 1.55. The van der Waals surface area contributed by atoms with E-state index in [1.54, 1.807) is 73.8 Å². The Balaban J connectivity index is 1.33. The minimum Gasteiger partial charge on any atom is -0.497 e. The third kappa shape index (κ3) is 7.70. The molecule has 0 heterocycles. The van der Waals surface area contributed by atoms with Crippen LogP contribution in [0, 0.1) is 6.92 Å². The molecule has 204 valence electrons. The van der Waals surface area contributed by atoms with Crippen molar-refractivity contribution in [2.45, 2.75) is 20.5 Å². The number of carbonyl (C=O) groups is 2. The Hall–Kier alpha value is -5.11. The van der Waals surface area contributed by atoms with Crippen LogP contribution in [0.1, 0.15) is 44.3 Å². The number of esters is 1. The molecule has 0 aliphatic heterocycles. The molecule has 0 radical (unpaired) electrons. The highest BCUT2D eigenvalue weighted by Crippen LogP contribution is 2.29. The molecular weight excluding hydrogens is 508 g/mol. The van der Waals surface area contributed by atoms with Crippen molar-refractivity contribution in [3.63, 3.8) is 0 Å². The molecule has 4 rings (SSSR count). The minimum absolute atomic E-state index is 0.272. The molecule has 40 heavy (non-hydrogen) atoms. The van der Waals surface area contributed by atoms with Crippen molar-refractivity contribution >= 4 is 18.1 Å². The lowest BCUT2D eigenvalue weighted by Crippen LogP contribution is -2.17. The van der Waals surface area contributed by atoms with E-state index < -0.39 is 5.97 Å². The van der Waals surface area contributed by atoms with E-state index >= 15 is 0 Å². The number of methoxy groups -OCH3 is 1. The van der Waals surface area contributed by atoms with Crippen molar-refractivity contribution in [1.82, 2.24) is 5.43 Å². The second kappa shape index (κ2) is 13.6. The maximum absolute atomic E-state index is 12.6. The number of rotatable bonds is 11. The molecule has 0 aliphatic carbocycles. The molecule has 0 saturated carbocycles. The van der Waals surface area contributed by atoms with Gasteiger partial charge in [0.15, 0.2) is 11.5 Å². The van der Waals surface area contributed by atoms with Gasteiger partial charge in [0.2, 0.25) is 0 Å². The van der Waals surface area contributed by atoms with Gasteiger partial charge in [0, 0.05) is 5.56 Å². The van der Waals surface area contributed by atoms with Gasteiger partial charge in [-0.3, -0.25) is 4.79 Å². The highest BCUT2D eigenvalue weighted by molar-refractivity contribution is 5.95. The molecule has 1 N–H and O–H groups in total. The number of carbonyl (C=O) groups excluding carboxylic acids is 2. The quantitative estimate of drug-likeness (QED) is 0.110. The average Bonchev–Trinajstić information content (AvgIpc) is 2.98. The van der Waals surface area contributed by atoms with E-state index in [0.29, 0.717) is 47.2 Å². The molecule has 0 atom stereocenters. The van der Waals surface area contributed by atoms with Crippen LogP contribution in [0.3, 0.4) is 0 Å². The van der Waals surface area contributed by atoms with Crippen LogP contribution in [0.25, 0.3) is 0 Å². The van der Waals surface area contributed by atoms with Gasteiger partial charge in [-0.1, -0.05) is 29.8 Å². The predicted octanol–water partition coefficient (Wildman–Crippen LogP) is 5.96. The van der Waals surface area contributed by atoms with Gasteiger partial charge in [-0.25, -0.2) is 10.2 Å². The molecule has 0 unspecified atom stereocenters. The largest absolute Gasteiger partial charge is 0.497 e. The second-order valence-corrected chi connectivity index (χ2v) is 8.75. The van der Waals surface area contributed by atoms with Gasteiger partial charge >= 0.3 is 5.97 Å². The van der Waals surface area contributed by atoms with Crippen molar-refractivity contribution in [3.8, 4) is 23.0 Å². The van der Waals surface area contributed by atoms with Gasteiger partial charge in [-0.15, -0.1) is 0 Å². The molecule has 4 aromatic rings. The normalized spacial score (nSPS) is 10.7. The highest BCUT2D eigenvalue weighted by Gasteiger charge is 2.13. The third-order valence-electron chi connectivity index (χ3n) is 5.82. The summed E-state index contributed by atoms with van der Waals surface area (Å²) in [6, 6.07) is 26.6. The first-order chi connectivity index (χ1) is 19.4. The molecule has 8 nitrogen and oxygen atoms in total. The van der Waals surface area contributed by atoms with Crippen LogP contribution in [-0.4, -0.2) is 31.8 Å². The molecule has 0 saturated heterocycles. The molecular formula is C32H30N2O6. The maximum Gasteiger partial charge on any atom is 0.343 e. The number of amides is 1. The van der Waals surface area contributed by atoms with E-state index in [4.69, 9.17) is 18.9 Å². The van der Waals surface area contributed by atoms with Crippen LogP contribution in [-0.2, 0) is 6.61 Å². The van der Waals surface area contributed by atoms with Crippen molar-refractivity contribution in [2.75, 3.05) is 13.7 Å². The molecule has 1 amide bonds. The standard InChI is InChI=1S/C32H30N2O6/c1-4-38-30-19-24(9-18-29(30)40-32(36)26-12-14-27(37-3)15-13-26)20-33-34-31(35)25-10-16-28(17-11-25)39-21-23-7-5-22(2)6-8-23/h5-20H,4,21H2,1-3H3,(H,34,35)/b33-20+. The monoisotopic (exact) mass is 538 g/mol. The highest BCUT2D eigenvalue weighted by atomic mass is 16.6. The fourth-order valence-corrected chi connectivity index (χ4v) is 3.63. The van der Waals surface area contributed by atoms with Crippen LogP contribution < -0.4 is 24.4 Å². The number of aryl methyl sites for hydroxylation is 1. The Morgan fingerprint density at radius 2 is 1.48 bits per heavy atom. The Bertz CT molecular complexity index is 1460. The van der Waals surface area contributed by atoms with Crippen LogP contribution in [0.2, 0.25) is 0 Å². The Kier molecular flexibility index (Phi) is 9.50. The molecule has 4 aromatic carbocycles. The average molecular weight is 539 g/mol. The zero-order valence-corrected chi connectivity index (χ0v) is 22.5. The number of ether oxygens (including phenoxy) is 4. The summed E-state index contributed by atoms with van der Waals surface area (Å²) in [4.78, 5) is 25.1. The van der Waals surface area contributed by atoms with E-state index in [1.165, 1.54) is 11.8 Å². The van der Waals surface area contributed by atoms with Crippen molar-refractivity contribution < 1.29 is 28.5 Å². The number of nitrogens with zero attached hydrogens (tertiary/aromatic N) is 1. The van der Waals surface area contributed by atoms with Gasteiger partial charge in [-0.2, -0.15) is 5.10 Å². The third-order valence-corrected chi connectivity index (χ3v) is 5.82. The van der Waals surface area contributed by atoms with E-state index in [-0.39, 0.29) is 11.7 Å². The number of benzene rings is 4. The predicted molar refractivity (Wildman–Crippen MR) is 153 cm³/mol. The lowest BCUT2D eigenvalue weighted by molar-refractivity contribution is 0.0728. The van der Waals surface area contributed by atoms with E-state index in [1.807, 2.05) is 38.1 Å². The van der Waals surface area contributed by atoms with Crippen molar-refractivity contribution in [3.05, 3.63) is 119 Å². The SMILES string of the molecule is CCOc1cc(/C=N/NC(=O)c2ccc(OCc3ccc(C)cc3)cc2)ccc1OC(=O)c1ccc(OC)cc1. The van der Waals surface area contributed by atoms with Gasteiger partial charge < -0.3 is 18.9 Å². The zero-order valence-electron chi connectivity index (χ0n) is 22.5. The summed E-state index contributed by atoms with van der Waals surface area (Å²) >= 11 is 0. The first-order valence-electron chi connectivity index (χ1n) is 12.7. The number of hydrogen-bond acceptors (Lipinski definition) is 7. The fourth-order valence-electron chi connectivity index (χ4n) is 3.63. The summed E-state index contributed by atoms with van der Waals surface area (Å²) in [6.45, 7) is 4.68. The first-order valence-corrected chi connectivity index (χ1v) is 12.7. The molecule has 0 fully saturated rings. The Morgan fingerprint density at radius 3 is 2.15 bits per heavy atom. The Morgan fingerprint density at radius 1 is 0.800 bits per heavy atom. The summed E-state index contributed by atoms with van der Waals surface area (Å²) in [5.41, 5.74) is 6.24. The van der Waals surface area contributed by atoms with Gasteiger partial charge in [0.1, 0.15) is 18.1 Å². The van der Waals surface area contributed by atoms with Crippen LogP contribution in [0.5, 0.6) is 23.0 Å². The van der Waals surface area contributed by atoms with Gasteiger partial charge in [0.25, 0.3) is 5.91 Å². The number of hydrogen-bond donors (Lipinski definition) is 1. The topological polar surface area (TPSA) is 95.5 Å². The molecule has 0 spiro atoms. The van der Waals surface area contributed by atoms with E-state index in [9.17, 15) is 9.59 Å². The second-order valence-electron chi connectivity index (χ2n) is 8.75. The minimum atomic E-state index is -0.524. The van der Waals surface area contributed by atoms with E-state index in [2.05, 4.69) is 10.5 Å². The molecule has 0 bridgehead atoms. The lowest BCUT2D eigenvalue weighted by atomic mass is 10.2. The van der Waals surface area contributed by atoms with Crippen LogP contribution in [0.15, 0.2) is 96.1 Å². The maximum atomic E-state index is 12.6. The summed E-state index contributed by atoms with van der Waals surface area (Å²) in [6.07, 6.45) is 1.48. The van der Waals surface area contributed by atoms with Crippen LogP contribution >= 0.6 is 0 Å². The number of nitrogens with one attached hydrogen (secondary N) is 1. The van der Waals surface area contributed by atoms with Gasteiger partial charge in [0.05, 0.1) is 25.5 Å².